The zero-order valence-corrected chi connectivity index (χ0v) is 26.1. The number of hydrogen-bond donors (Lipinski definition) is 0. The molecule has 2 atom stereocenters. The van der Waals surface area contributed by atoms with Crippen LogP contribution in [0.2, 0.25) is 0 Å². The van der Waals surface area contributed by atoms with Gasteiger partial charge in [0.15, 0.2) is 0 Å². The summed E-state index contributed by atoms with van der Waals surface area (Å²) in [4.78, 5) is 0.281. The molecule has 5 aromatic rings. The molecule has 0 saturated heterocycles. The Morgan fingerprint density at radius 3 is 1.80 bits per heavy atom. The SMILES string of the molecule is Cc1ccc(S(=O)(=O)N2Cc3nn(-c4c(C)cc(C)cc4C)c[n+]3[C@H](c3ccccc3)[C@H]2c2ccccc2)cc1.F[B-](F)(F)F. The molecule has 0 fully saturated rings. The minimum Gasteiger partial charge on any atom is -0.418 e. The first-order valence-corrected chi connectivity index (χ1v) is 15.8. The lowest BCUT2D eigenvalue weighted by atomic mass is 9.91. The van der Waals surface area contributed by atoms with Gasteiger partial charge in [-0.1, -0.05) is 101 Å². The average Bonchev–Trinajstić information content (AvgIpc) is 3.39. The first-order valence-electron chi connectivity index (χ1n) is 14.4. The Morgan fingerprint density at radius 2 is 1.27 bits per heavy atom. The van der Waals surface area contributed by atoms with Gasteiger partial charge >= 0.3 is 7.25 Å². The number of aromatic nitrogens is 3. The fraction of sp³-hybridized carbons (Fsp3) is 0.212. The smallest absolute Gasteiger partial charge is 0.418 e. The predicted molar refractivity (Wildman–Crippen MR) is 166 cm³/mol. The van der Waals surface area contributed by atoms with Crippen LogP contribution in [-0.4, -0.2) is 29.8 Å². The van der Waals surface area contributed by atoms with Crippen molar-refractivity contribution >= 4 is 17.3 Å². The third-order valence-electron chi connectivity index (χ3n) is 7.74. The van der Waals surface area contributed by atoms with Crippen LogP contribution in [0.4, 0.5) is 17.3 Å². The molecule has 0 N–H and O–H groups in total. The van der Waals surface area contributed by atoms with Crippen molar-refractivity contribution < 1.29 is 30.2 Å². The number of hydrogen-bond acceptors (Lipinski definition) is 3. The van der Waals surface area contributed by atoms with E-state index in [2.05, 4.69) is 49.6 Å². The van der Waals surface area contributed by atoms with Gasteiger partial charge in [-0.3, -0.25) is 0 Å². The Morgan fingerprint density at radius 1 is 0.756 bits per heavy atom. The lowest BCUT2D eigenvalue weighted by Crippen LogP contribution is -2.56. The minimum absolute atomic E-state index is 0.149. The fourth-order valence-electron chi connectivity index (χ4n) is 5.99. The third kappa shape index (κ3) is 7.02. The second-order valence-corrected chi connectivity index (χ2v) is 13.1. The second-order valence-electron chi connectivity index (χ2n) is 11.2. The van der Waals surface area contributed by atoms with Crippen molar-refractivity contribution in [3.05, 3.63) is 143 Å². The number of fused-ring (bicyclic) bond motifs is 1. The van der Waals surface area contributed by atoms with Crippen molar-refractivity contribution in [2.24, 2.45) is 0 Å². The number of nitrogens with zero attached hydrogens (tertiary/aromatic N) is 4. The number of benzene rings is 4. The van der Waals surface area contributed by atoms with E-state index in [9.17, 15) is 25.7 Å². The van der Waals surface area contributed by atoms with Crippen LogP contribution in [0, 0.1) is 27.7 Å². The Hall–Kier alpha value is -4.29. The molecule has 234 valence electrons. The maximum Gasteiger partial charge on any atom is 0.673 e. The molecule has 1 aliphatic heterocycles. The Bertz CT molecular complexity index is 1870. The highest BCUT2D eigenvalue weighted by molar-refractivity contribution is 7.89. The molecule has 0 amide bonds. The first-order chi connectivity index (χ1) is 21.2. The van der Waals surface area contributed by atoms with E-state index in [1.54, 1.807) is 16.4 Å². The van der Waals surface area contributed by atoms with Crippen LogP contribution in [0.15, 0.2) is 108 Å². The summed E-state index contributed by atoms with van der Waals surface area (Å²) >= 11 is 0. The normalized spacial score (nSPS) is 16.9. The molecule has 45 heavy (non-hydrogen) atoms. The van der Waals surface area contributed by atoms with Gasteiger partial charge in [0.25, 0.3) is 5.82 Å². The van der Waals surface area contributed by atoms with Crippen molar-refractivity contribution in [1.29, 1.82) is 0 Å². The minimum atomic E-state index is -6.00. The molecule has 4 aromatic carbocycles. The number of aryl methyl sites for hydroxylation is 4. The zero-order chi connectivity index (χ0) is 32.5. The topological polar surface area (TPSA) is 59.1 Å². The Balaban J connectivity index is 0.000000743. The lowest BCUT2D eigenvalue weighted by molar-refractivity contribution is -0.734. The molecule has 0 saturated carbocycles. The lowest BCUT2D eigenvalue weighted by Gasteiger charge is -2.38. The van der Waals surface area contributed by atoms with Gasteiger partial charge in [-0.25, -0.2) is 13.0 Å². The molecule has 0 spiro atoms. The predicted octanol–water partition coefficient (Wildman–Crippen LogP) is 7.23. The standard InChI is InChI=1S/C33H33N4O2S.BF4/c1-23-15-17-29(18-16-23)40(38,39)37-21-30-34-36(31-25(3)19-24(2)20-26(31)4)22-35(30)32(27-11-7-5-8-12-27)33(37)28-13-9-6-10-14-28;2-1(3,4)5/h5-20,22,32-33H,21H2,1-4H3;/q+1;-1/t32-,33-;/m1./s1. The van der Waals surface area contributed by atoms with Crippen LogP contribution in [0.25, 0.3) is 5.69 Å². The van der Waals surface area contributed by atoms with Gasteiger partial charge in [0.2, 0.25) is 16.4 Å². The van der Waals surface area contributed by atoms with Crippen LogP contribution < -0.4 is 4.57 Å². The molecule has 1 aliphatic rings. The molecular weight excluding hydrogens is 603 g/mol. The van der Waals surface area contributed by atoms with Gasteiger partial charge < -0.3 is 17.3 Å². The van der Waals surface area contributed by atoms with Gasteiger partial charge in [0.05, 0.1) is 10.9 Å². The summed E-state index contributed by atoms with van der Waals surface area (Å²) in [6.45, 7) is 8.39. The van der Waals surface area contributed by atoms with Crippen LogP contribution in [0.3, 0.4) is 0 Å². The highest BCUT2D eigenvalue weighted by atomic mass is 32.2. The van der Waals surface area contributed by atoms with E-state index >= 15 is 0 Å². The average molecular weight is 637 g/mol. The molecule has 0 unspecified atom stereocenters. The van der Waals surface area contributed by atoms with Gasteiger partial charge in [-0.15, -0.1) is 0 Å². The maximum atomic E-state index is 14.4. The Kier molecular flexibility index (Phi) is 9.00. The monoisotopic (exact) mass is 636 g/mol. The van der Waals surface area contributed by atoms with Crippen molar-refractivity contribution in [2.45, 2.75) is 51.2 Å². The Labute approximate surface area is 260 Å². The third-order valence-corrected chi connectivity index (χ3v) is 9.58. The number of sulfonamides is 1. The van der Waals surface area contributed by atoms with Gasteiger partial charge in [-0.05, 0) is 62.1 Å². The molecule has 1 aromatic heterocycles. The van der Waals surface area contributed by atoms with Crippen LogP contribution >= 0.6 is 0 Å². The quantitative estimate of drug-likeness (QED) is 0.116. The fourth-order valence-corrected chi connectivity index (χ4v) is 7.57. The summed E-state index contributed by atoms with van der Waals surface area (Å²) in [5.74, 6) is 0.691. The largest absolute Gasteiger partial charge is 0.673 e. The molecular formula is C33H33BF4N4O2S. The summed E-state index contributed by atoms with van der Waals surface area (Å²) in [5, 5.41) is 5.02. The van der Waals surface area contributed by atoms with E-state index in [-0.39, 0.29) is 17.5 Å². The van der Waals surface area contributed by atoms with Crippen molar-refractivity contribution in [3.8, 4) is 5.69 Å². The summed E-state index contributed by atoms with van der Waals surface area (Å²) in [7, 11) is -9.87. The molecule has 2 heterocycles. The second kappa shape index (κ2) is 12.6. The van der Waals surface area contributed by atoms with Crippen LogP contribution in [-0.2, 0) is 16.6 Å². The zero-order valence-electron chi connectivity index (χ0n) is 25.3. The maximum absolute atomic E-state index is 14.4. The van der Waals surface area contributed by atoms with Crippen molar-refractivity contribution in [1.82, 2.24) is 14.1 Å². The van der Waals surface area contributed by atoms with Crippen LogP contribution in [0.1, 0.15) is 51.3 Å². The number of rotatable bonds is 5. The summed E-state index contributed by atoms with van der Waals surface area (Å²) < 4.78 is 73.5. The van der Waals surface area contributed by atoms with Crippen LogP contribution in [0.5, 0.6) is 0 Å². The highest BCUT2D eigenvalue weighted by Crippen LogP contribution is 2.41. The van der Waals surface area contributed by atoms with E-state index in [4.69, 9.17) is 5.10 Å². The molecule has 6 rings (SSSR count). The molecule has 6 nitrogen and oxygen atoms in total. The first kappa shape index (κ1) is 32.1. The van der Waals surface area contributed by atoms with Crippen molar-refractivity contribution in [2.75, 3.05) is 0 Å². The van der Waals surface area contributed by atoms with E-state index < -0.39 is 23.3 Å². The van der Waals surface area contributed by atoms with Gasteiger partial charge in [-0.2, -0.15) is 4.31 Å². The van der Waals surface area contributed by atoms with E-state index in [1.165, 1.54) is 5.56 Å². The van der Waals surface area contributed by atoms with Gasteiger partial charge in [0.1, 0.15) is 18.3 Å². The van der Waals surface area contributed by atoms with Crippen molar-refractivity contribution in [3.63, 3.8) is 0 Å². The van der Waals surface area contributed by atoms with E-state index in [0.29, 0.717) is 5.82 Å². The molecule has 0 bridgehead atoms. The molecule has 0 radical (unpaired) electrons. The summed E-state index contributed by atoms with van der Waals surface area (Å²) in [6, 6.07) is 30.7. The summed E-state index contributed by atoms with van der Waals surface area (Å²) in [5.41, 5.74) is 7.42. The molecule has 12 heteroatoms. The highest BCUT2D eigenvalue weighted by Gasteiger charge is 2.48. The van der Waals surface area contributed by atoms with Gasteiger partial charge in [0, 0.05) is 5.10 Å². The van der Waals surface area contributed by atoms with E-state index in [0.717, 1.165) is 33.5 Å². The van der Waals surface area contributed by atoms with E-state index in [1.807, 2.05) is 78.6 Å². The number of halogens is 4. The molecule has 0 aliphatic carbocycles. The summed E-state index contributed by atoms with van der Waals surface area (Å²) in [6.07, 6.45) is 2.03.